The van der Waals surface area contributed by atoms with Crippen LogP contribution in [0.25, 0.3) is 0 Å². The molecule has 2 aromatic rings. The lowest BCUT2D eigenvalue weighted by molar-refractivity contribution is -0.111. The van der Waals surface area contributed by atoms with E-state index < -0.39 is 0 Å². The zero-order valence-electron chi connectivity index (χ0n) is 18.1. The molecular weight excluding hydrogens is 418 g/mol. The van der Waals surface area contributed by atoms with Crippen molar-refractivity contribution in [1.29, 1.82) is 0 Å². The molecular formula is C27H28ClN3O. The number of fused-ring (bicyclic) bond motifs is 2. The molecule has 2 aromatic carbocycles. The number of hydrogen-bond acceptors (Lipinski definition) is 3. The predicted molar refractivity (Wildman–Crippen MR) is 134 cm³/mol. The van der Waals surface area contributed by atoms with Crippen LogP contribution in [0.15, 0.2) is 101 Å². The smallest absolute Gasteiger partial charge is 0.248 e. The molecule has 0 radical (unpaired) electrons. The highest BCUT2D eigenvalue weighted by atomic mass is 35.5. The van der Waals surface area contributed by atoms with Crippen molar-refractivity contribution in [2.45, 2.75) is 19.3 Å². The summed E-state index contributed by atoms with van der Waals surface area (Å²) >= 11 is 6.36. The van der Waals surface area contributed by atoms with Crippen LogP contribution in [0.2, 0.25) is 0 Å². The summed E-state index contributed by atoms with van der Waals surface area (Å²) in [5, 5.41) is 7.05. The van der Waals surface area contributed by atoms with Crippen molar-refractivity contribution in [2.24, 2.45) is 0 Å². The number of amides is 1. The molecule has 0 saturated carbocycles. The third-order valence-electron chi connectivity index (χ3n) is 5.57. The predicted octanol–water partition coefficient (Wildman–Crippen LogP) is 5.56. The molecule has 4 nitrogen and oxygen atoms in total. The molecule has 1 heterocycles. The number of nitrogens with one attached hydrogen (secondary N) is 2. The van der Waals surface area contributed by atoms with E-state index in [4.69, 9.17) is 11.6 Å². The van der Waals surface area contributed by atoms with E-state index in [1.54, 1.807) is 6.08 Å². The Bertz CT molecular complexity index is 1070. The van der Waals surface area contributed by atoms with Crippen molar-refractivity contribution in [3.63, 3.8) is 0 Å². The summed E-state index contributed by atoms with van der Waals surface area (Å²) in [5.41, 5.74) is 5.94. The van der Waals surface area contributed by atoms with Gasteiger partial charge in [-0.25, -0.2) is 0 Å². The maximum atomic E-state index is 12.0. The molecule has 0 fully saturated rings. The van der Waals surface area contributed by atoms with Gasteiger partial charge >= 0.3 is 0 Å². The van der Waals surface area contributed by atoms with Crippen molar-refractivity contribution in [3.05, 3.63) is 107 Å². The number of allylic oxidation sites excluding steroid dienone is 5. The lowest BCUT2D eigenvalue weighted by Gasteiger charge is -2.30. The standard InChI is InChI=1S/C27H28ClN3O/c28-23-16-15-22-14-13-21-8-4-5-11-25(21)31(26(22)20-23)19-7-18-29-17-6-12-27(32)30-24-9-2-1-3-10-24/h1-6,8-12,14,16,20,29H,7,13,15,17-19H2,(H,30,32)/b12-6+. The number of halogens is 1. The molecule has 0 saturated heterocycles. The maximum Gasteiger partial charge on any atom is 0.248 e. The van der Waals surface area contributed by atoms with Crippen LogP contribution >= 0.6 is 11.6 Å². The molecule has 0 unspecified atom stereocenters. The Morgan fingerprint density at radius 3 is 2.72 bits per heavy atom. The second-order valence-corrected chi connectivity index (χ2v) is 8.29. The third kappa shape index (κ3) is 5.78. The molecule has 2 N–H and O–H groups in total. The Kier molecular flexibility index (Phi) is 7.59. The van der Waals surface area contributed by atoms with E-state index in [9.17, 15) is 4.79 Å². The number of carbonyl (C=O) groups excluding carboxylic acids is 1. The topological polar surface area (TPSA) is 44.4 Å². The fraction of sp³-hybridized carbons (Fsp3) is 0.222. The van der Waals surface area contributed by atoms with Crippen molar-refractivity contribution < 1.29 is 4.79 Å². The molecule has 164 valence electrons. The summed E-state index contributed by atoms with van der Waals surface area (Å²) < 4.78 is 0. The van der Waals surface area contributed by atoms with E-state index in [0.717, 1.165) is 43.1 Å². The fourth-order valence-electron chi connectivity index (χ4n) is 4.00. The lowest BCUT2D eigenvalue weighted by atomic mass is 10.0. The normalized spacial score (nSPS) is 15.3. The van der Waals surface area contributed by atoms with Crippen molar-refractivity contribution in [2.75, 3.05) is 29.9 Å². The van der Waals surface area contributed by atoms with Gasteiger partial charge in [-0.15, -0.1) is 0 Å². The molecule has 5 heteroatoms. The van der Waals surface area contributed by atoms with Crippen LogP contribution in [0, 0.1) is 0 Å². The largest absolute Gasteiger partial charge is 0.341 e. The monoisotopic (exact) mass is 445 g/mol. The zero-order valence-corrected chi connectivity index (χ0v) is 18.8. The van der Waals surface area contributed by atoms with Crippen LogP contribution in [0.5, 0.6) is 0 Å². The third-order valence-corrected chi connectivity index (χ3v) is 5.83. The van der Waals surface area contributed by atoms with Gasteiger partial charge in [-0.3, -0.25) is 4.79 Å². The van der Waals surface area contributed by atoms with E-state index >= 15 is 0 Å². The van der Waals surface area contributed by atoms with Crippen LogP contribution in [0.3, 0.4) is 0 Å². The molecule has 0 spiro atoms. The molecule has 1 aliphatic heterocycles. The highest BCUT2D eigenvalue weighted by Crippen LogP contribution is 2.36. The highest BCUT2D eigenvalue weighted by molar-refractivity contribution is 6.31. The van der Waals surface area contributed by atoms with Crippen molar-refractivity contribution >= 4 is 28.9 Å². The lowest BCUT2D eigenvalue weighted by Crippen LogP contribution is -2.28. The first-order valence-corrected chi connectivity index (χ1v) is 11.4. The number of hydrogen-bond donors (Lipinski definition) is 2. The summed E-state index contributed by atoms with van der Waals surface area (Å²) in [6.07, 6.45) is 12.7. The van der Waals surface area contributed by atoms with Crippen LogP contribution in [-0.4, -0.2) is 25.5 Å². The fourth-order valence-corrected chi connectivity index (χ4v) is 4.18. The number of para-hydroxylation sites is 2. The van der Waals surface area contributed by atoms with Gasteiger partial charge in [0.25, 0.3) is 0 Å². The molecule has 4 rings (SSSR count). The minimum absolute atomic E-state index is 0.118. The van der Waals surface area contributed by atoms with Gasteiger partial charge in [0.2, 0.25) is 5.91 Å². The van der Waals surface area contributed by atoms with Crippen molar-refractivity contribution in [3.8, 4) is 0 Å². The molecule has 1 aliphatic carbocycles. The van der Waals surface area contributed by atoms with Gasteiger partial charge in [-0.1, -0.05) is 66.2 Å². The van der Waals surface area contributed by atoms with Gasteiger partial charge in [-0.05, 0) is 61.2 Å². The minimum Gasteiger partial charge on any atom is -0.341 e. The van der Waals surface area contributed by atoms with Gasteiger partial charge in [0.05, 0.1) is 0 Å². The first-order chi connectivity index (χ1) is 15.7. The van der Waals surface area contributed by atoms with Crippen molar-refractivity contribution in [1.82, 2.24) is 5.32 Å². The average Bonchev–Trinajstić information content (AvgIpc) is 2.96. The average molecular weight is 446 g/mol. The number of anilines is 2. The second kappa shape index (κ2) is 11.0. The van der Waals surface area contributed by atoms with Gasteiger partial charge in [-0.2, -0.15) is 0 Å². The highest BCUT2D eigenvalue weighted by Gasteiger charge is 2.22. The molecule has 1 amide bonds. The molecule has 2 aliphatic rings. The SMILES string of the molecule is O=C(/C=C/CNCCCN1C2=CC(Cl)=CCC2=CCc2ccccc21)Nc1ccccc1. The van der Waals surface area contributed by atoms with E-state index in [1.807, 2.05) is 36.4 Å². The first kappa shape index (κ1) is 22.1. The second-order valence-electron chi connectivity index (χ2n) is 7.85. The van der Waals surface area contributed by atoms with Gasteiger partial charge in [0.15, 0.2) is 0 Å². The summed E-state index contributed by atoms with van der Waals surface area (Å²) in [4.78, 5) is 14.4. The molecule has 0 bridgehead atoms. The maximum absolute atomic E-state index is 12.0. The number of benzene rings is 2. The van der Waals surface area contributed by atoms with Gasteiger partial charge < -0.3 is 15.5 Å². The number of carbonyl (C=O) groups is 1. The first-order valence-electron chi connectivity index (χ1n) is 11.1. The van der Waals surface area contributed by atoms with Crippen LogP contribution in [0.1, 0.15) is 18.4 Å². The summed E-state index contributed by atoms with van der Waals surface area (Å²) in [6.45, 7) is 2.41. The minimum atomic E-state index is -0.118. The Hall–Kier alpha value is -3.08. The summed E-state index contributed by atoms with van der Waals surface area (Å²) in [7, 11) is 0. The molecule has 0 atom stereocenters. The van der Waals surface area contributed by atoms with E-state index in [2.05, 4.69) is 58.0 Å². The molecule has 0 aromatic heterocycles. The zero-order chi connectivity index (χ0) is 22.2. The van der Waals surface area contributed by atoms with E-state index in [-0.39, 0.29) is 5.91 Å². The van der Waals surface area contributed by atoms with Crippen LogP contribution in [0.4, 0.5) is 11.4 Å². The van der Waals surface area contributed by atoms with E-state index in [1.165, 1.54) is 22.5 Å². The molecule has 32 heavy (non-hydrogen) atoms. The Labute approximate surface area is 195 Å². The van der Waals surface area contributed by atoms with Gasteiger partial charge in [0, 0.05) is 41.3 Å². The number of rotatable bonds is 8. The Morgan fingerprint density at radius 1 is 1.03 bits per heavy atom. The van der Waals surface area contributed by atoms with Crippen LogP contribution in [-0.2, 0) is 11.2 Å². The number of nitrogens with zero attached hydrogens (tertiary/aromatic N) is 1. The van der Waals surface area contributed by atoms with Crippen LogP contribution < -0.4 is 15.5 Å². The summed E-state index contributed by atoms with van der Waals surface area (Å²) in [6, 6.07) is 18.1. The van der Waals surface area contributed by atoms with E-state index in [0.29, 0.717) is 6.54 Å². The quantitative estimate of drug-likeness (QED) is 0.413. The summed E-state index contributed by atoms with van der Waals surface area (Å²) in [5.74, 6) is -0.118. The van der Waals surface area contributed by atoms with Gasteiger partial charge in [0.1, 0.15) is 0 Å². The Morgan fingerprint density at radius 2 is 1.84 bits per heavy atom. The Balaban J connectivity index is 1.28.